The Morgan fingerprint density at radius 1 is 1.45 bits per heavy atom. The third-order valence-corrected chi connectivity index (χ3v) is 6.41. The normalized spacial score (nSPS) is 21.9. The molecular formula is C20H19BrFN5O2. The van der Waals surface area contributed by atoms with Crippen LogP contribution in [0.25, 0.3) is 21.9 Å². The van der Waals surface area contributed by atoms with Crippen LogP contribution in [-0.2, 0) is 0 Å². The van der Waals surface area contributed by atoms with Crippen molar-refractivity contribution in [1.29, 1.82) is 5.26 Å². The first-order valence-electron chi connectivity index (χ1n) is 9.34. The fourth-order valence-corrected chi connectivity index (χ4v) is 4.82. The van der Waals surface area contributed by atoms with Crippen LogP contribution >= 0.6 is 15.9 Å². The van der Waals surface area contributed by atoms with E-state index in [0.717, 1.165) is 22.2 Å². The molecule has 150 valence electrons. The lowest BCUT2D eigenvalue weighted by atomic mass is 9.77. The number of nitrogens with zero attached hydrogens (tertiary/aromatic N) is 4. The first kappa shape index (κ1) is 19.6. The van der Waals surface area contributed by atoms with Crippen LogP contribution in [0.2, 0.25) is 0 Å². The van der Waals surface area contributed by atoms with E-state index >= 15 is 0 Å². The molecule has 2 N–H and O–H groups in total. The molecule has 0 saturated heterocycles. The number of fused-ring (bicyclic) bond motifs is 3. The highest BCUT2D eigenvalue weighted by Crippen LogP contribution is 2.40. The van der Waals surface area contributed by atoms with Crippen molar-refractivity contribution in [2.75, 3.05) is 0 Å². The van der Waals surface area contributed by atoms with E-state index in [9.17, 15) is 14.3 Å². The van der Waals surface area contributed by atoms with Gasteiger partial charge in [0.15, 0.2) is 0 Å². The van der Waals surface area contributed by atoms with Gasteiger partial charge in [0, 0.05) is 17.5 Å². The first-order chi connectivity index (χ1) is 13.8. The minimum Gasteiger partial charge on any atom is -0.465 e. The number of pyridine rings is 1. The lowest BCUT2D eigenvalue weighted by Crippen LogP contribution is -2.50. The van der Waals surface area contributed by atoms with E-state index in [1.54, 1.807) is 12.3 Å². The number of nitrogens with one attached hydrogen (secondary N) is 1. The van der Waals surface area contributed by atoms with Gasteiger partial charge in [0.1, 0.15) is 17.2 Å². The highest BCUT2D eigenvalue weighted by molar-refractivity contribution is 9.10. The summed E-state index contributed by atoms with van der Waals surface area (Å²) in [4.78, 5) is 20.2. The number of rotatable bonds is 3. The summed E-state index contributed by atoms with van der Waals surface area (Å²) in [5.74, 6) is 0.463. The quantitative estimate of drug-likeness (QED) is 0.583. The van der Waals surface area contributed by atoms with E-state index in [2.05, 4.69) is 41.9 Å². The molecule has 3 aromatic rings. The summed E-state index contributed by atoms with van der Waals surface area (Å²) in [7, 11) is 0. The number of hydrogen-bond acceptors (Lipinski definition) is 4. The minimum absolute atomic E-state index is 0.108. The summed E-state index contributed by atoms with van der Waals surface area (Å²) in [6.07, 6.45) is 3.25. The van der Waals surface area contributed by atoms with Crippen molar-refractivity contribution < 1.29 is 14.3 Å². The van der Waals surface area contributed by atoms with Crippen molar-refractivity contribution in [3.63, 3.8) is 0 Å². The number of nitriles is 1. The molecule has 1 saturated carbocycles. The maximum Gasteiger partial charge on any atom is 0.405 e. The molecular weight excluding hydrogens is 441 g/mol. The molecule has 0 bridgehead atoms. The van der Waals surface area contributed by atoms with Gasteiger partial charge in [0.25, 0.3) is 0 Å². The van der Waals surface area contributed by atoms with Crippen LogP contribution in [-0.4, -0.2) is 31.3 Å². The van der Waals surface area contributed by atoms with Gasteiger partial charge >= 0.3 is 6.09 Å². The average molecular weight is 460 g/mol. The summed E-state index contributed by atoms with van der Waals surface area (Å²) in [5, 5.41) is 21.7. The maximum atomic E-state index is 14.0. The van der Waals surface area contributed by atoms with E-state index < -0.39 is 11.6 Å². The van der Waals surface area contributed by atoms with Crippen molar-refractivity contribution in [3.8, 4) is 6.07 Å². The molecule has 7 nitrogen and oxygen atoms in total. The minimum atomic E-state index is -1.10. The number of amides is 1. The predicted octanol–water partition coefficient (Wildman–Crippen LogP) is 4.83. The Labute approximate surface area is 174 Å². The molecule has 2 heterocycles. The first-order valence-corrected chi connectivity index (χ1v) is 10.1. The highest BCUT2D eigenvalue weighted by atomic mass is 79.9. The standard InChI is InChI=1S/C20H19BrFN5O2/c1-11-25-17-10-24-16-9-15(22)14(21)8-13(16)18(17)27(11)12-2-4-20(5-3-12,6-7-23)26-19(28)29/h8-10,12,26H,2-6H2,1H3,(H,28,29). The summed E-state index contributed by atoms with van der Waals surface area (Å²) in [5.41, 5.74) is 1.49. The zero-order valence-electron chi connectivity index (χ0n) is 15.7. The second-order valence-electron chi connectivity index (χ2n) is 7.58. The fourth-order valence-electron chi connectivity index (χ4n) is 4.47. The number of benzene rings is 1. The second kappa shape index (κ2) is 7.26. The van der Waals surface area contributed by atoms with Crippen LogP contribution < -0.4 is 5.32 Å². The SMILES string of the molecule is Cc1nc2cnc3cc(F)c(Br)cc3c2n1C1CCC(CC#N)(NC(=O)O)CC1. The molecule has 0 unspecified atom stereocenters. The maximum absolute atomic E-state index is 14.0. The third kappa shape index (κ3) is 3.42. The number of hydrogen-bond donors (Lipinski definition) is 2. The Hall–Kier alpha value is -2.73. The molecule has 0 atom stereocenters. The van der Waals surface area contributed by atoms with Gasteiger partial charge in [-0.05, 0) is 54.6 Å². The van der Waals surface area contributed by atoms with E-state index in [0.29, 0.717) is 35.7 Å². The van der Waals surface area contributed by atoms with Crippen LogP contribution in [0.4, 0.5) is 9.18 Å². The molecule has 4 rings (SSSR count). The Morgan fingerprint density at radius 2 is 2.17 bits per heavy atom. The topological polar surface area (TPSA) is 104 Å². The molecule has 0 spiro atoms. The van der Waals surface area contributed by atoms with Crippen LogP contribution in [0.3, 0.4) is 0 Å². The predicted molar refractivity (Wildman–Crippen MR) is 109 cm³/mol. The molecule has 0 radical (unpaired) electrons. The molecule has 1 aliphatic rings. The number of carboxylic acid groups (broad SMARTS) is 1. The van der Waals surface area contributed by atoms with Crippen molar-refractivity contribution in [2.24, 2.45) is 0 Å². The summed E-state index contributed by atoms with van der Waals surface area (Å²) < 4.78 is 16.5. The van der Waals surface area contributed by atoms with Crippen molar-refractivity contribution in [3.05, 3.63) is 34.4 Å². The smallest absolute Gasteiger partial charge is 0.405 e. The van der Waals surface area contributed by atoms with E-state index in [1.165, 1.54) is 6.07 Å². The van der Waals surface area contributed by atoms with Gasteiger partial charge in [0.2, 0.25) is 0 Å². The molecule has 2 aromatic heterocycles. The van der Waals surface area contributed by atoms with Gasteiger partial charge in [-0.3, -0.25) is 4.98 Å². The molecule has 1 aromatic carbocycles. The summed E-state index contributed by atoms with van der Waals surface area (Å²) >= 11 is 3.26. The molecule has 1 aliphatic carbocycles. The Balaban J connectivity index is 1.76. The van der Waals surface area contributed by atoms with Crippen molar-refractivity contribution in [2.45, 2.75) is 50.6 Å². The average Bonchev–Trinajstić information content (AvgIpc) is 3.00. The van der Waals surface area contributed by atoms with Gasteiger partial charge < -0.3 is 15.0 Å². The van der Waals surface area contributed by atoms with Crippen LogP contribution in [0.5, 0.6) is 0 Å². The van der Waals surface area contributed by atoms with E-state index in [1.807, 2.05) is 6.92 Å². The van der Waals surface area contributed by atoms with Gasteiger partial charge in [-0.25, -0.2) is 14.2 Å². The second-order valence-corrected chi connectivity index (χ2v) is 8.44. The summed E-state index contributed by atoms with van der Waals surface area (Å²) in [6.45, 7) is 1.93. The lowest BCUT2D eigenvalue weighted by molar-refractivity contribution is 0.152. The summed E-state index contributed by atoms with van der Waals surface area (Å²) in [6, 6.07) is 5.36. The molecule has 1 amide bonds. The van der Waals surface area contributed by atoms with Gasteiger partial charge in [0.05, 0.1) is 39.7 Å². The number of halogens is 2. The van der Waals surface area contributed by atoms with Gasteiger partial charge in [-0.1, -0.05) is 0 Å². The van der Waals surface area contributed by atoms with Gasteiger partial charge in [-0.2, -0.15) is 5.26 Å². The molecule has 0 aliphatic heterocycles. The van der Waals surface area contributed by atoms with E-state index in [-0.39, 0.29) is 18.3 Å². The fraction of sp³-hybridized carbons (Fsp3) is 0.400. The Kier molecular flexibility index (Phi) is 4.90. The van der Waals surface area contributed by atoms with Crippen LogP contribution in [0.1, 0.15) is 44.0 Å². The Morgan fingerprint density at radius 3 is 2.83 bits per heavy atom. The largest absolute Gasteiger partial charge is 0.465 e. The number of aryl methyl sites for hydroxylation is 1. The van der Waals surface area contributed by atoms with E-state index in [4.69, 9.17) is 5.26 Å². The zero-order valence-corrected chi connectivity index (χ0v) is 17.3. The molecule has 1 fully saturated rings. The van der Waals surface area contributed by atoms with Crippen molar-refractivity contribution in [1.82, 2.24) is 19.9 Å². The molecule has 29 heavy (non-hydrogen) atoms. The van der Waals surface area contributed by atoms with Crippen LogP contribution in [0.15, 0.2) is 22.8 Å². The molecule has 9 heteroatoms. The van der Waals surface area contributed by atoms with Crippen molar-refractivity contribution >= 4 is 44.0 Å². The monoisotopic (exact) mass is 459 g/mol. The number of aromatic nitrogens is 3. The highest BCUT2D eigenvalue weighted by Gasteiger charge is 2.38. The number of carbonyl (C=O) groups is 1. The zero-order chi connectivity index (χ0) is 20.8. The number of imidazole rings is 1. The van der Waals surface area contributed by atoms with Crippen LogP contribution in [0, 0.1) is 24.1 Å². The Bertz CT molecular complexity index is 1160. The van der Waals surface area contributed by atoms with Gasteiger partial charge in [-0.15, -0.1) is 0 Å². The lowest BCUT2D eigenvalue weighted by Gasteiger charge is -2.39. The third-order valence-electron chi connectivity index (χ3n) is 5.80.